The second-order valence-corrected chi connectivity index (χ2v) is 4.68. The van der Waals surface area contributed by atoms with Crippen LogP contribution in [0.15, 0.2) is 30.3 Å². The molecule has 21 heavy (non-hydrogen) atoms. The second-order valence-electron chi connectivity index (χ2n) is 4.68. The quantitative estimate of drug-likeness (QED) is 0.763. The Hall–Kier alpha value is -2.70. The lowest BCUT2D eigenvalue weighted by Crippen LogP contribution is -2.25. The molecule has 0 unspecified atom stereocenters. The van der Waals surface area contributed by atoms with Crippen LogP contribution in [0.1, 0.15) is 23.0 Å². The van der Waals surface area contributed by atoms with Gasteiger partial charge in [0.1, 0.15) is 0 Å². The maximum absolute atomic E-state index is 12.2. The largest absolute Gasteiger partial charge is 0.354 e. The number of amides is 2. The van der Waals surface area contributed by atoms with Gasteiger partial charge in [-0.25, -0.2) is 0 Å². The molecule has 1 aromatic carbocycles. The smallest absolute Gasteiger partial charge is 0.275 e. The van der Waals surface area contributed by atoms with Gasteiger partial charge in [0, 0.05) is 13.0 Å². The summed E-state index contributed by atoms with van der Waals surface area (Å²) in [6.07, 6.45) is 0.611. The predicted molar refractivity (Wildman–Crippen MR) is 77.7 cm³/mol. The van der Waals surface area contributed by atoms with Crippen LogP contribution in [0.25, 0.3) is 0 Å². The predicted octanol–water partition coefficient (Wildman–Crippen LogP) is 0.982. The van der Waals surface area contributed by atoms with Crippen LogP contribution in [0.5, 0.6) is 0 Å². The summed E-state index contributed by atoms with van der Waals surface area (Å²) < 4.78 is 0. The molecule has 0 aliphatic rings. The van der Waals surface area contributed by atoms with Crippen LogP contribution in [0, 0.1) is 5.92 Å². The summed E-state index contributed by atoms with van der Waals surface area (Å²) in [6, 6.07) is 9.73. The Bertz CT molecular complexity index is 623. The van der Waals surface area contributed by atoms with Gasteiger partial charge in [0.05, 0.1) is 0 Å². The summed E-state index contributed by atoms with van der Waals surface area (Å²) in [5.41, 5.74) is 1.14. The van der Waals surface area contributed by atoms with E-state index >= 15 is 0 Å². The highest BCUT2D eigenvalue weighted by Crippen LogP contribution is 2.13. The number of aromatic nitrogens is 3. The third-order valence-electron chi connectivity index (χ3n) is 3.06. The maximum atomic E-state index is 12.2. The van der Waals surface area contributed by atoms with Crippen LogP contribution in [0.3, 0.4) is 0 Å². The summed E-state index contributed by atoms with van der Waals surface area (Å²) in [4.78, 5) is 23.7. The monoisotopic (exact) mass is 287 g/mol. The Labute approximate surface area is 122 Å². The zero-order valence-electron chi connectivity index (χ0n) is 11.9. The number of hydrogen-bond donors (Lipinski definition) is 3. The number of carbonyl (C=O) groups is 2. The number of benzene rings is 1. The Kier molecular flexibility index (Phi) is 4.65. The van der Waals surface area contributed by atoms with E-state index in [1.165, 1.54) is 7.05 Å². The van der Waals surface area contributed by atoms with Crippen molar-refractivity contribution in [1.82, 2.24) is 20.7 Å². The van der Waals surface area contributed by atoms with Gasteiger partial charge in [-0.05, 0) is 12.0 Å². The molecule has 0 radical (unpaired) electrons. The lowest BCUT2D eigenvalue weighted by atomic mass is 10.0. The lowest BCUT2D eigenvalue weighted by Gasteiger charge is -2.11. The van der Waals surface area contributed by atoms with Crippen LogP contribution < -0.4 is 10.6 Å². The molecular weight excluding hydrogens is 270 g/mol. The van der Waals surface area contributed by atoms with Gasteiger partial charge in [-0.3, -0.25) is 9.59 Å². The number of carbonyl (C=O) groups excluding carboxylic acids is 2. The molecule has 0 aliphatic carbocycles. The van der Waals surface area contributed by atoms with Crippen LogP contribution in [-0.2, 0) is 11.2 Å². The first-order valence-corrected chi connectivity index (χ1v) is 6.59. The van der Waals surface area contributed by atoms with Crippen molar-refractivity contribution < 1.29 is 9.59 Å². The van der Waals surface area contributed by atoms with Crippen LogP contribution >= 0.6 is 0 Å². The number of hydrogen-bond acceptors (Lipinski definition) is 4. The molecule has 2 aromatic rings. The topological polar surface area (TPSA) is 99.8 Å². The third-order valence-corrected chi connectivity index (χ3v) is 3.06. The highest BCUT2D eigenvalue weighted by molar-refractivity contribution is 6.01. The van der Waals surface area contributed by atoms with Crippen molar-refractivity contribution in [3.05, 3.63) is 41.6 Å². The van der Waals surface area contributed by atoms with Crippen molar-refractivity contribution in [2.24, 2.45) is 5.92 Å². The first kappa shape index (κ1) is 14.7. The SMILES string of the molecule is CNC(=O)c1n[nH]nc1NC(=O)[C@@H](C)Cc1ccccc1. The standard InChI is InChI=1S/C14H17N5O2/c1-9(8-10-6-4-3-5-7-10)13(20)16-12-11(14(21)15-2)17-19-18-12/h3-7,9H,8H2,1-2H3,(H,15,21)(H2,16,17,18,19,20)/t9-/m0/s1. The van der Waals surface area contributed by atoms with Crippen LogP contribution in [-0.4, -0.2) is 34.3 Å². The molecule has 0 saturated heterocycles. The van der Waals surface area contributed by atoms with Gasteiger partial charge in [-0.2, -0.15) is 5.21 Å². The molecule has 0 fully saturated rings. The van der Waals surface area contributed by atoms with Gasteiger partial charge in [0.25, 0.3) is 5.91 Å². The number of nitrogens with zero attached hydrogens (tertiary/aromatic N) is 2. The fraction of sp³-hybridized carbons (Fsp3) is 0.286. The molecule has 0 spiro atoms. The molecule has 1 aromatic heterocycles. The van der Waals surface area contributed by atoms with Crippen molar-refractivity contribution >= 4 is 17.6 Å². The van der Waals surface area contributed by atoms with E-state index in [0.717, 1.165) is 5.56 Å². The molecule has 0 saturated carbocycles. The zero-order chi connectivity index (χ0) is 15.2. The molecule has 3 N–H and O–H groups in total. The fourth-order valence-corrected chi connectivity index (χ4v) is 1.90. The van der Waals surface area contributed by atoms with Gasteiger partial charge < -0.3 is 10.6 Å². The molecular formula is C14H17N5O2. The summed E-state index contributed by atoms with van der Waals surface area (Å²) in [5.74, 6) is -0.728. The summed E-state index contributed by atoms with van der Waals surface area (Å²) in [6.45, 7) is 1.82. The lowest BCUT2D eigenvalue weighted by molar-refractivity contribution is -0.119. The van der Waals surface area contributed by atoms with Gasteiger partial charge in [0.15, 0.2) is 11.5 Å². The van der Waals surface area contributed by atoms with E-state index < -0.39 is 5.91 Å². The molecule has 1 atom stereocenters. The minimum Gasteiger partial charge on any atom is -0.354 e. The highest BCUT2D eigenvalue weighted by Gasteiger charge is 2.20. The van der Waals surface area contributed by atoms with Crippen LogP contribution in [0.4, 0.5) is 5.82 Å². The molecule has 7 heteroatoms. The zero-order valence-corrected chi connectivity index (χ0v) is 11.9. The molecule has 110 valence electrons. The van der Waals surface area contributed by atoms with Crippen molar-refractivity contribution in [1.29, 1.82) is 0 Å². The van der Waals surface area contributed by atoms with E-state index in [2.05, 4.69) is 26.0 Å². The summed E-state index contributed by atoms with van der Waals surface area (Å²) >= 11 is 0. The molecule has 7 nitrogen and oxygen atoms in total. The second kappa shape index (κ2) is 6.65. The average molecular weight is 287 g/mol. The van der Waals surface area contributed by atoms with Gasteiger partial charge in [0.2, 0.25) is 5.91 Å². The molecule has 2 amide bonds. The summed E-state index contributed by atoms with van der Waals surface area (Å²) in [5, 5.41) is 14.9. The Morgan fingerprint density at radius 2 is 1.95 bits per heavy atom. The van der Waals surface area contributed by atoms with E-state index in [4.69, 9.17) is 0 Å². The molecule has 2 rings (SSSR count). The van der Waals surface area contributed by atoms with E-state index in [1.807, 2.05) is 37.3 Å². The summed E-state index contributed by atoms with van der Waals surface area (Å²) in [7, 11) is 1.49. The third kappa shape index (κ3) is 3.65. The number of anilines is 1. The van der Waals surface area contributed by atoms with Crippen molar-refractivity contribution in [2.45, 2.75) is 13.3 Å². The van der Waals surface area contributed by atoms with Gasteiger partial charge in [-0.15, -0.1) is 10.2 Å². The number of aromatic amines is 1. The van der Waals surface area contributed by atoms with E-state index in [1.54, 1.807) is 0 Å². The van der Waals surface area contributed by atoms with E-state index in [9.17, 15) is 9.59 Å². The minimum absolute atomic E-state index is 0.0674. The Balaban J connectivity index is 2.01. The van der Waals surface area contributed by atoms with Crippen LogP contribution in [0.2, 0.25) is 0 Å². The number of H-pyrrole nitrogens is 1. The molecule has 0 aliphatic heterocycles. The van der Waals surface area contributed by atoms with E-state index in [0.29, 0.717) is 6.42 Å². The Morgan fingerprint density at radius 1 is 1.24 bits per heavy atom. The minimum atomic E-state index is -0.408. The van der Waals surface area contributed by atoms with Crippen molar-refractivity contribution in [2.75, 3.05) is 12.4 Å². The average Bonchev–Trinajstić information content (AvgIpc) is 2.95. The first-order chi connectivity index (χ1) is 10.1. The van der Waals surface area contributed by atoms with Gasteiger partial charge >= 0.3 is 0 Å². The number of rotatable bonds is 5. The highest BCUT2D eigenvalue weighted by atomic mass is 16.2. The Morgan fingerprint density at radius 3 is 2.62 bits per heavy atom. The number of nitrogens with one attached hydrogen (secondary N) is 3. The van der Waals surface area contributed by atoms with E-state index in [-0.39, 0.29) is 23.3 Å². The van der Waals surface area contributed by atoms with Crippen molar-refractivity contribution in [3.8, 4) is 0 Å². The first-order valence-electron chi connectivity index (χ1n) is 6.59. The molecule has 0 bridgehead atoms. The molecule has 1 heterocycles. The maximum Gasteiger partial charge on any atom is 0.275 e. The van der Waals surface area contributed by atoms with Gasteiger partial charge in [-0.1, -0.05) is 37.3 Å². The normalized spacial score (nSPS) is 11.7. The fourth-order valence-electron chi connectivity index (χ4n) is 1.90. The van der Waals surface area contributed by atoms with Crippen molar-refractivity contribution in [3.63, 3.8) is 0 Å².